The highest BCUT2D eigenvalue weighted by atomic mass is 16.5. The van der Waals surface area contributed by atoms with Crippen molar-refractivity contribution in [2.24, 2.45) is 9.98 Å². The lowest BCUT2D eigenvalue weighted by atomic mass is 10.1. The molecule has 2 N–H and O–H groups in total. The number of fused-ring (bicyclic) bond motifs is 1. The summed E-state index contributed by atoms with van der Waals surface area (Å²) < 4.78 is 5.30. The highest BCUT2D eigenvalue weighted by Crippen LogP contribution is 2.14. The van der Waals surface area contributed by atoms with Gasteiger partial charge < -0.3 is 20.3 Å². The van der Waals surface area contributed by atoms with Crippen LogP contribution in [0.4, 0.5) is 0 Å². The highest BCUT2D eigenvalue weighted by molar-refractivity contribution is 5.81. The number of hydrogen-bond donors (Lipinski definition) is 2. The largest absolute Gasteiger partial charge is 0.360 e. The van der Waals surface area contributed by atoms with Crippen molar-refractivity contribution in [1.29, 1.82) is 0 Å². The van der Waals surface area contributed by atoms with Gasteiger partial charge in [-0.3, -0.25) is 4.99 Å². The van der Waals surface area contributed by atoms with Gasteiger partial charge in [0, 0.05) is 45.8 Å². The number of hydrogen-bond acceptors (Lipinski definition) is 6. The molecule has 102 valence electrons. The van der Waals surface area contributed by atoms with Gasteiger partial charge in [0.05, 0.1) is 6.54 Å². The molecule has 0 aromatic carbocycles. The fourth-order valence-corrected chi connectivity index (χ4v) is 2.33. The van der Waals surface area contributed by atoms with E-state index in [1.54, 1.807) is 7.11 Å². The van der Waals surface area contributed by atoms with Crippen molar-refractivity contribution in [2.75, 3.05) is 39.8 Å². The zero-order valence-corrected chi connectivity index (χ0v) is 11.1. The maximum atomic E-state index is 5.30. The number of guanidine groups is 1. The number of aliphatic imine (C=N–C) groups is 2. The van der Waals surface area contributed by atoms with Crippen LogP contribution in [0.3, 0.4) is 0 Å². The topological polar surface area (TPSA) is 61.2 Å². The molecule has 2 rings (SSSR count). The predicted octanol–water partition coefficient (Wildman–Crippen LogP) is -0.327. The molecule has 0 aromatic rings. The van der Waals surface area contributed by atoms with Crippen LogP contribution in [-0.4, -0.2) is 69.7 Å². The monoisotopic (exact) mass is 253 g/mol. The van der Waals surface area contributed by atoms with Crippen molar-refractivity contribution >= 4 is 12.7 Å². The molecule has 2 aliphatic heterocycles. The Balaban J connectivity index is 1.80. The van der Waals surface area contributed by atoms with Gasteiger partial charge in [0.1, 0.15) is 0 Å². The number of nitrogens with one attached hydrogen (secondary N) is 2. The normalized spacial score (nSPS) is 27.2. The van der Waals surface area contributed by atoms with Gasteiger partial charge in [-0.1, -0.05) is 0 Å². The summed E-state index contributed by atoms with van der Waals surface area (Å²) in [4.78, 5) is 10.7. The lowest BCUT2D eigenvalue weighted by Crippen LogP contribution is -2.57. The fourth-order valence-electron chi connectivity index (χ4n) is 2.33. The summed E-state index contributed by atoms with van der Waals surface area (Å²) >= 11 is 0. The lowest BCUT2D eigenvalue weighted by Gasteiger charge is -2.39. The first-order valence-electron chi connectivity index (χ1n) is 6.58. The fraction of sp³-hybridized carbons (Fsp3) is 0.833. The number of rotatable bonds is 6. The molecule has 6 heteroatoms. The van der Waals surface area contributed by atoms with E-state index >= 15 is 0 Å². The van der Waals surface area contributed by atoms with E-state index in [4.69, 9.17) is 4.74 Å². The Morgan fingerprint density at radius 2 is 2.39 bits per heavy atom. The van der Waals surface area contributed by atoms with E-state index in [0.29, 0.717) is 6.04 Å². The molecule has 18 heavy (non-hydrogen) atoms. The lowest BCUT2D eigenvalue weighted by molar-refractivity contribution is 0.0824. The van der Waals surface area contributed by atoms with Gasteiger partial charge in [-0.15, -0.1) is 0 Å². The van der Waals surface area contributed by atoms with E-state index in [0.717, 1.165) is 51.5 Å². The van der Waals surface area contributed by atoms with Crippen LogP contribution >= 0.6 is 0 Å². The maximum absolute atomic E-state index is 5.30. The van der Waals surface area contributed by atoms with Crippen molar-refractivity contribution < 1.29 is 4.74 Å². The minimum Gasteiger partial charge on any atom is -0.360 e. The van der Waals surface area contributed by atoms with Crippen molar-refractivity contribution in [2.45, 2.75) is 25.1 Å². The Kier molecular flexibility index (Phi) is 4.95. The molecule has 2 heterocycles. The van der Waals surface area contributed by atoms with Gasteiger partial charge in [-0.2, -0.15) is 0 Å². The van der Waals surface area contributed by atoms with Crippen molar-refractivity contribution in [1.82, 2.24) is 15.5 Å². The number of ether oxygens (including phenoxy) is 1. The predicted molar refractivity (Wildman–Crippen MR) is 73.2 cm³/mol. The SMILES string of the molecule is C=NCCNCC1CCN2CCC(OC)N=C2N1. The van der Waals surface area contributed by atoms with Gasteiger partial charge >= 0.3 is 0 Å². The maximum Gasteiger partial charge on any atom is 0.196 e. The summed E-state index contributed by atoms with van der Waals surface area (Å²) in [6.45, 7) is 8.18. The van der Waals surface area contributed by atoms with E-state index in [2.05, 4.69) is 32.2 Å². The second-order valence-electron chi connectivity index (χ2n) is 4.70. The molecule has 0 radical (unpaired) electrons. The summed E-state index contributed by atoms with van der Waals surface area (Å²) in [6.07, 6.45) is 2.14. The Bertz CT molecular complexity index is 307. The first kappa shape index (κ1) is 13.3. The van der Waals surface area contributed by atoms with Crippen molar-refractivity contribution in [3.05, 3.63) is 0 Å². The smallest absolute Gasteiger partial charge is 0.196 e. The molecular weight excluding hydrogens is 230 g/mol. The van der Waals surface area contributed by atoms with Crippen LogP contribution in [0.15, 0.2) is 9.98 Å². The Labute approximate surface area is 109 Å². The molecule has 2 unspecified atom stereocenters. The summed E-state index contributed by atoms with van der Waals surface area (Å²) in [5, 5.41) is 6.86. The highest BCUT2D eigenvalue weighted by Gasteiger charge is 2.27. The molecule has 0 aliphatic carbocycles. The van der Waals surface area contributed by atoms with Crippen molar-refractivity contribution in [3.8, 4) is 0 Å². The summed E-state index contributed by atoms with van der Waals surface area (Å²) in [5.41, 5.74) is 0. The standard InChI is InChI=1S/C12H23N5O/c1-13-5-6-14-9-10-3-7-17-8-4-11(18-2)16-12(17)15-10/h10-11,14H,1,3-9H2,2H3,(H,15,16). The molecule has 0 spiro atoms. The Morgan fingerprint density at radius 1 is 1.56 bits per heavy atom. The van der Waals surface area contributed by atoms with Crippen LogP contribution in [0, 0.1) is 0 Å². The molecule has 0 saturated carbocycles. The van der Waals surface area contributed by atoms with E-state index in [9.17, 15) is 0 Å². The van der Waals surface area contributed by atoms with Crippen LogP contribution in [0.2, 0.25) is 0 Å². The third-order valence-corrected chi connectivity index (χ3v) is 3.40. The quantitative estimate of drug-likeness (QED) is 0.503. The van der Waals surface area contributed by atoms with Crippen LogP contribution in [0.5, 0.6) is 0 Å². The zero-order valence-electron chi connectivity index (χ0n) is 11.1. The van der Waals surface area contributed by atoms with Crippen LogP contribution in [0.1, 0.15) is 12.8 Å². The second-order valence-corrected chi connectivity index (χ2v) is 4.70. The third-order valence-electron chi connectivity index (χ3n) is 3.40. The third kappa shape index (κ3) is 3.43. The summed E-state index contributed by atoms with van der Waals surface area (Å²) in [7, 11) is 1.72. The molecule has 6 nitrogen and oxygen atoms in total. The average molecular weight is 253 g/mol. The molecule has 2 atom stereocenters. The number of methoxy groups -OCH3 is 1. The minimum atomic E-state index is 0.0143. The molecule has 0 amide bonds. The van der Waals surface area contributed by atoms with E-state index < -0.39 is 0 Å². The number of nitrogens with zero attached hydrogens (tertiary/aromatic N) is 3. The molecule has 0 bridgehead atoms. The van der Waals surface area contributed by atoms with Gasteiger partial charge in [-0.05, 0) is 13.1 Å². The second kappa shape index (κ2) is 6.70. The summed E-state index contributed by atoms with van der Waals surface area (Å²) in [6, 6.07) is 0.445. The van der Waals surface area contributed by atoms with Gasteiger partial charge in [-0.25, -0.2) is 4.99 Å². The molecule has 1 fully saturated rings. The van der Waals surface area contributed by atoms with E-state index in [1.807, 2.05) is 0 Å². The first-order valence-corrected chi connectivity index (χ1v) is 6.58. The van der Waals surface area contributed by atoms with E-state index in [1.165, 1.54) is 0 Å². The first-order chi connectivity index (χ1) is 8.83. The summed E-state index contributed by atoms with van der Waals surface area (Å²) in [5.74, 6) is 0.994. The van der Waals surface area contributed by atoms with Gasteiger partial charge in [0.15, 0.2) is 12.2 Å². The average Bonchev–Trinajstić information content (AvgIpc) is 2.42. The molecular formula is C12H23N5O. The molecule has 0 aromatic heterocycles. The van der Waals surface area contributed by atoms with Crippen LogP contribution in [0.25, 0.3) is 0 Å². The van der Waals surface area contributed by atoms with Gasteiger partial charge in [0.2, 0.25) is 0 Å². The van der Waals surface area contributed by atoms with Crippen LogP contribution in [-0.2, 0) is 4.74 Å². The Hall–Kier alpha value is -1.14. The van der Waals surface area contributed by atoms with Crippen molar-refractivity contribution in [3.63, 3.8) is 0 Å². The minimum absolute atomic E-state index is 0.0143. The van der Waals surface area contributed by atoms with Crippen LogP contribution < -0.4 is 10.6 Å². The zero-order chi connectivity index (χ0) is 12.8. The van der Waals surface area contributed by atoms with Gasteiger partial charge in [0.25, 0.3) is 0 Å². The molecule has 2 aliphatic rings. The molecule has 1 saturated heterocycles. The van der Waals surface area contributed by atoms with E-state index in [-0.39, 0.29) is 6.23 Å². The Morgan fingerprint density at radius 3 is 3.17 bits per heavy atom.